The maximum absolute atomic E-state index is 6.36. The molecule has 2 nitrogen and oxygen atoms in total. The summed E-state index contributed by atoms with van der Waals surface area (Å²) >= 11 is 13.8. The van der Waals surface area contributed by atoms with Crippen LogP contribution < -0.4 is 0 Å². The van der Waals surface area contributed by atoms with E-state index in [-0.39, 0.29) is 0 Å². The normalized spacial score (nSPS) is 10.7. The molecule has 2 heterocycles. The summed E-state index contributed by atoms with van der Waals surface area (Å²) in [6.07, 6.45) is 0. The van der Waals surface area contributed by atoms with E-state index in [1.165, 1.54) is 11.7 Å². The van der Waals surface area contributed by atoms with Crippen molar-refractivity contribution in [2.75, 3.05) is 0 Å². The summed E-state index contributed by atoms with van der Waals surface area (Å²) in [5.74, 6) is 0. The average molecular weight is 349 g/mol. The lowest BCUT2D eigenvalue weighted by Crippen LogP contribution is -1.84. The molecule has 0 amide bonds. The van der Waals surface area contributed by atoms with Gasteiger partial charge in [-0.3, -0.25) is 0 Å². The van der Waals surface area contributed by atoms with Crippen molar-refractivity contribution in [3.8, 4) is 11.1 Å². The molecule has 3 rings (SSSR count). The molecule has 22 heavy (non-hydrogen) atoms. The summed E-state index contributed by atoms with van der Waals surface area (Å²) in [7, 11) is 0. The number of aromatic nitrogens is 2. The zero-order valence-electron chi connectivity index (χ0n) is 12.2. The van der Waals surface area contributed by atoms with Crippen molar-refractivity contribution in [3.05, 3.63) is 70.0 Å². The Bertz CT molecular complexity index is 881. The van der Waals surface area contributed by atoms with Gasteiger partial charge in [0.2, 0.25) is 0 Å². The molecule has 0 radical (unpaired) electrons. The minimum atomic E-state index is 0.446. The zero-order chi connectivity index (χ0) is 15.7. The second kappa shape index (κ2) is 6.29. The zero-order valence-corrected chi connectivity index (χ0v) is 14.5. The fourth-order valence-corrected chi connectivity index (χ4v) is 3.72. The molecule has 0 saturated carbocycles. The first-order valence-electron chi connectivity index (χ1n) is 6.81. The summed E-state index contributed by atoms with van der Waals surface area (Å²) in [5.41, 5.74) is 5.43. The van der Waals surface area contributed by atoms with Crippen LogP contribution in [-0.4, -0.2) is 8.16 Å². The molecular weight excluding hydrogens is 335 g/mol. The Balaban J connectivity index is 2.54. The highest BCUT2D eigenvalue weighted by Gasteiger charge is 2.10. The molecule has 1 aromatic carbocycles. The van der Waals surface area contributed by atoms with E-state index in [1.54, 1.807) is 0 Å². The van der Waals surface area contributed by atoms with E-state index < -0.39 is 0 Å². The number of hydrogen-bond acceptors (Lipinski definition) is 2. The minimum absolute atomic E-state index is 0.446. The van der Waals surface area contributed by atoms with Crippen molar-refractivity contribution in [2.45, 2.75) is 13.8 Å². The van der Waals surface area contributed by atoms with Gasteiger partial charge in [0.1, 0.15) is 10.3 Å². The van der Waals surface area contributed by atoms with E-state index in [2.05, 4.69) is 29.5 Å². The largest absolute Gasteiger partial charge is 0.239 e. The molecule has 3 aromatic rings. The van der Waals surface area contributed by atoms with Crippen LogP contribution in [0, 0.1) is 13.8 Å². The van der Waals surface area contributed by atoms with E-state index in [4.69, 9.17) is 23.2 Å². The smallest absolute Gasteiger partial charge is 0.143 e. The lowest BCUT2D eigenvalue weighted by Gasteiger charge is -2.04. The third-order valence-electron chi connectivity index (χ3n) is 3.37. The van der Waals surface area contributed by atoms with E-state index in [0.29, 0.717) is 10.3 Å². The first kappa shape index (κ1) is 15.3. The summed E-state index contributed by atoms with van der Waals surface area (Å²) in [6, 6.07) is 16.2. The minimum Gasteiger partial charge on any atom is -0.239 e. The highest BCUT2D eigenvalue weighted by Crippen LogP contribution is 2.31. The van der Waals surface area contributed by atoms with E-state index in [9.17, 15) is 0 Å². The summed E-state index contributed by atoms with van der Waals surface area (Å²) < 4.78 is 6.21. The molecule has 0 unspecified atom stereocenters. The fourth-order valence-electron chi connectivity index (χ4n) is 2.44. The van der Waals surface area contributed by atoms with Crippen LogP contribution in [0.2, 0.25) is 10.3 Å². The van der Waals surface area contributed by atoms with Gasteiger partial charge in [0.15, 0.2) is 0 Å². The third kappa shape index (κ3) is 2.98. The Morgan fingerprint density at radius 1 is 1.00 bits per heavy atom. The Morgan fingerprint density at radius 3 is 2.45 bits per heavy atom. The fraction of sp³-hybridized carbons (Fsp3) is 0.118. The molecule has 5 heteroatoms. The first-order valence-corrected chi connectivity index (χ1v) is 8.29. The number of nitrogens with zero attached hydrogens (tertiary/aromatic N) is 2. The molecule has 112 valence electrons. The highest BCUT2D eigenvalue weighted by molar-refractivity contribution is 7.00. The number of hydrogen-bond donors (Lipinski definition) is 0. The van der Waals surface area contributed by atoms with Gasteiger partial charge in [-0.15, -0.1) is 0 Å². The maximum Gasteiger partial charge on any atom is 0.143 e. The molecule has 0 atom stereocenters. The van der Waals surface area contributed by atoms with Crippen LogP contribution in [0.5, 0.6) is 0 Å². The Hall–Kier alpha value is -1.55. The second-order valence-electron chi connectivity index (χ2n) is 5.10. The summed E-state index contributed by atoms with van der Waals surface area (Å²) in [4.78, 5) is 0. The highest BCUT2D eigenvalue weighted by atomic mass is 35.5. The Morgan fingerprint density at radius 2 is 1.73 bits per heavy atom. The molecule has 0 fully saturated rings. The predicted octanol–water partition coefficient (Wildman–Crippen LogP) is 6.11. The topological polar surface area (TPSA) is 17.3 Å². The number of halogens is 2. The van der Waals surface area contributed by atoms with E-state index >= 15 is 0 Å². The number of fused-ring (bicyclic) bond motifs is 1. The van der Waals surface area contributed by atoms with E-state index in [0.717, 1.165) is 27.8 Å². The van der Waals surface area contributed by atoms with Crippen molar-refractivity contribution in [3.63, 3.8) is 0 Å². The predicted molar refractivity (Wildman–Crippen MR) is 95.6 cm³/mol. The van der Waals surface area contributed by atoms with Crippen molar-refractivity contribution in [1.29, 1.82) is 0 Å². The van der Waals surface area contributed by atoms with Gasteiger partial charge >= 0.3 is 0 Å². The van der Waals surface area contributed by atoms with Crippen molar-refractivity contribution < 1.29 is 0 Å². The first-order chi connectivity index (χ1) is 10.6. The van der Waals surface area contributed by atoms with Crippen LogP contribution in [0.4, 0.5) is 0 Å². The average Bonchev–Trinajstić information content (AvgIpc) is 2.79. The van der Waals surface area contributed by atoms with Crippen LogP contribution in [-0.2, 0) is 0 Å². The lowest BCUT2D eigenvalue weighted by molar-refractivity contribution is 1.35. The number of benzene rings is 1. The van der Waals surface area contributed by atoms with Gasteiger partial charge in [-0.1, -0.05) is 53.5 Å². The summed E-state index contributed by atoms with van der Waals surface area (Å²) in [6.45, 7) is 4.07. The Labute approximate surface area is 143 Å². The molecule has 0 aliphatic heterocycles. The van der Waals surface area contributed by atoms with Crippen molar-refractivity contribution >= 4 is 40.4 Å². The van der Waals surface area contributed by atoms with Crippen LogP contribution in [0.1, 0.15) is 11.1 Å². The van der Waals surface area contributed by atoms with Crippen LogP contribution in [0.3, 0.4) is 0 Å². The third-order valence-corrected chi connectivity index (χ3v) is 4.87. The molecule has 0 saturated heterocycles. The molecule has 0 aliphatic rings. The van der Waals surface area contributed by atoms with Gasteiger partial charge in [0, 0.05) is 5.56 Å². The van der Waals surface area contributed by atoms with Crippen LogP contribution in [0.15, 0.2) is 48.5 Å². The lowest BCUT2D eigenvalue weighted by atomic mass is 10.0. The Kier molecular flexibility index (Phi) is 4.39. The monoisotopic (exact) mass is 348 g/mol. The van der Waals surface area contributed by atoms with E-state index in [1.807, 2.05) is 41.0 Å². The molecule has 0 spiro atoms. The van der Waals surface area contributed by atoms with Crippen LogP contribution >= 0.6 is 34.9 Å². The maximum atomic E-state index is 6.36. The molecule has 0 bridgehead atoms. The van der Waals surface area contributed by atoms with Gasteiger partial charge < -0.3 is 0 Å². The SMILES string of the molecule is Cc1cc(Cl)nsn2c(Cl)cc(C)c2c(-c2ccccc2)c1. The number of rotatable bonds is 1. The van der Waals surface area contributed by atoms with Gasteiger partial charge in [0.05, 0.1) is 17.2 Å². The second-order valence-corrected chi connectivity index (χ2v) is 6.59. The van der Waals surface area contributed by atoms with Gasteiger partial charge in [-0.25, -0.2) is 3.79 Å². The van der Waals surface area contributed by atoms with Gasteiger partial charge in [-0.05, 0) is 48.7 Å². The standard InChI is InChI=1S/C17H14Cl2N2S/c1-11-8-14(13-6-4-3-5-7-13)17-12(2)10-16(19)21(17)22-20-15(18)9-11/h3-10H,1-2H3. The van der Waals surface area contributed by atoms with Gasteiger partial charge in [-0.2, -0.15) is 4.37 Å². The quantitative estimate of drug-likeness (QED) is 0.518. The van der Waals surface area contributed by atoms with Crippen molar-refractivity contribution in [1.82, 2.24) is 8.16 Å². The molecule has 2 aromatic heterocycles. The van der Waals surface area contributed by atoms with Gasteiger partial charge in [0.25, 0.3) is 0 Å². The number of aryl methyl sites for hydroxylation is 2. The molecular formula is C17H14Cl2N2S. The summed E-state index contributed by atoms with van der Waals surface area (Å²) in [5, 5.41) is 1.08. The van der Waals surface area contributed by atoms with Crippen molar-refractivity contribution in [2.24, 2.45) is 0 Å². The molecule has 0 aliphatic carbocycles. The van der Waals surface area contributed by atoms with Crippen LogP contribution in [0.25, 0.3) is 16.6 Å². The molecule has 0 N–H and O–H groups in total.